The second-order valence-corrected chi connectivity index (χ2v) is 8.60. The molecular weight excluding hydrogens is 384 g/mol. The lowest BCUT2D eigenvalue weighted by molar-refractivity contribution is 0.0682. The first-order valence-corrected chi connectivity index (χ1v) is 11.0. The first-order valence-electron chi connectivity index (χ1n) is 10.1. The fourth-order valence-electron chi connectivity index (χ4n) is 3.86. The van der Waals surface area contributed by atoms with E-state index < -0.39 is 0 Å². The summed E-state index contributed by atoms with van der Waals surface area (Å²) in [5.41, 5.74) is 2.50. The van der Waals surface area contributed by atoms with Crippen molar-refractivity contribution >= 4 is 17.2 Å². The average molecular weight is 407 g/mol. The molecule has 2 aliphatic rings. The summed E-state index contributed by atoms with van der Waals surface area (Å²) in [4.78, 5) is 31.6. The Hall–Kier alpha value is -2.80. The maximum atomic E-state index is 12.9. The van der Waals surface area contributed by atoms with E-state index in [1.54, 1.807) is 10.7 Å². The van der Waals surface area contributed by atoms with Gasteiger partial charge in [0.1, 0.15) is 10.7 Å². The van der Waals surface area contributed by atoms with Gasteiger partial charge in [0.15, 0.2) is 0 Å². The molecule has 0 N–H and O–H groups in total. The molecular formula is C22H22N4O2S. The van der Waals surface area contributed by atoms with Crippen molar-refractivity contribution in [2.45, 2.75) is 37.6 Å². The number of aromatic nitrogens is 3. The van der Waals surface area contributed by atoms with E-state index in [2.05, 4.69) is 10.1 Å². The topological polar surface area (TPSA) is 68.1 Å². The van der Waals surface area contributed by atoms with Gasteiger partial charge in [-0.05, 0) is 31.7 Å². The standard InChI is InChI=1S/C22H22N4O2S/c27-20-9-8-18(15-6-7-15)24-26(20)17-10-12-25(13-11-17)22(28)19-14-29-21(23-19)16-4-2-1-3-5-16/h1-5,8-9,14-15,17H,6-7,10-13H2. The zero-order valence-electron chi connectivity index (χ0n) is 16.0. The molecule has 0 atom stereocenters. The molecule has 6 nitrogen and oxygen atoms in total. The van der Waals surface area contributed by atoms with Gasteiger partial charge < -0.3 is 4.90 Å². The van der Waals surface area contributed by atoms with Gasteiger partial charge in [-0.25, -0.2) is 9.67 Å². The van der Waals surface area contributed by atoms with Crippen molar-refractivity contribution in [3.8, 4) is 10.6 Å². The maximum absolute atomic E-state index is 12.9. The summed E-state index contributed by atoms with van der Waals surface area (Å²) >= 11 is 1.49. The van der Waals surface area contributed by atoms with Crippen LogP contribution in [-0.2, 0) is 0 Å². The molecule has 0 unspecified atom stereocenters. The highest BCUT2D eigenvalue weighted by Crippen LogP contribution is 2.38. The molecule has 1 saturated carbocycles. The van der Waals surface area contributed by atoms with Gasteiger partial charge in [0.05, 0.1) is 11.7 Å². The van der Waals surface area contributed by atoms with E-state index in [0.29, 0.717) is 24.7 Å². The average Bonchev–Trinajstić information content (AvgIpc) is 3.50. The van der Waals surface area contributed by atoms with Crippen molar-refractivity contribution in [2.24, 2.45) is 0 Å². The van der Waals surface area contributed by atoms with Crippen molar-refractivity contribution in [3.05, 3.63) is 69.6 Å². The van der Waals surface area contributed by atoms with Crippen LogP contribution >= 0.6 is 11.3 Å². The van der Waals surface area contributed by atoms with Gasteiger partial charge in [0.2, 0.25) is 0 Å². The first kappa shape index (κ1) is 18.2. The van der Waals surface area contributed by atoms with Crippen LogP contribution in [0.1, 0.15) is 53.8 Å². The SMILES string of the molecule is O=C(c1csc(-c2ccccc2)n1)N1CCC(n2nc(C3CC3)ccc2=O)CC1. The molecule has 7 heteroatoms. The number of amides is 1. The van der Waals surface area contributed by atoms with Crippen molar-refractivity contribution in [1.82, 2.24) is 19.7 Å². The zero-order chi connectivity index (χ0) is 19.8. The number of carbonyl (C=O) groups excluding carboxylic acids is 1. The summed E-state index contributed by atoms with van der Waals surface area (Å²) in [7, 11) is 0. The summed E-state index contributed by atoms with van der Waals surface area (Å²) in [6.07, 6.45) is 3.80. The van der Waals surface area contributed by atoms with Crippen LogP contribution in [0.4, 0.5) is 0 Å². The Kier molecular flexibility index (Phi) is 4.75. The number of hydrogen-bond acceptors (Lipinski definition) is 5. The summed E-state index contributed by atoms with van der Waals surface area (Å²) in [5.74, 6) is 0.487. The number of piperidine rings is 1. The molecule has 29 heavy (non-hydrogen) atoms. The predicted octanol–water partition coefficient (Wildman–Crippen LogP) is 3.72. The summed E-state index contributed by atoms with van der Waals surface area (Å²) in [5, 5.41) is 7.31. The largest absolute Gasteiger partial charge is 0.337 e. The number of thiazole rings is 1. The van der Waals surface area contributed by atoms with E-state index >= 15 is 0 Å². The van der Waals surface area contributed by atoms with Crippen LogP contribution in [0, 0.1) is 0 Å². The smallest absolute Gasteiger partial charge is 0.273 e. The third-order valence-corrected chi connectivity index (χ3v) is 6.57. The summed E-state index contributed by atoms with van der Waals surface area (Å²) < 4.78 is 1.64. The van der Waals surface area contributed by atoms with Crippen molar-refractivity contribution in [2.75, 3.05) is 13.1 Å². The Bertz CT molecular complexity index is 1080. The van der Waals surface area contributed by atoms with Gasteiger partial charge in [-0.3, -0.25) is 9.59 Å². The van der Waals surface area contributed by atoms with Gasteiger partial charge in [0.25, 0.3) is 11.5 Å². The molecule has 0 radical (unpaired) electrons. The lowest BCUT2D eigenvalue weighted by Crippen LogP contribution is -2.41. The minimum atomic E-state index is -0.0498. The van der Waals surface area contributed by atoms with Crippen LogP contribution in [0.3, 0.4) is 0 Å². The van der Waals surface area contributed by atoms with Gasteiger partial charge >= 0.3 is 0 Å². The number of rotatable bonds is 4. The minimum absolute atomic E-state index is 0.0334. The van der Waals surface area contributed by atoms with Gasteiger partial charge in [0, 0.05) is 36.0 Å². The fourth-order valence-corrected chi connectivity index (χ4v) is 4.66. The maximum Gasteiger partial charge on any atom is 0.273 e. The second-order valence-electron chi connectivity index (χ2n) is 7.74. The van der Waals surface area contributed by atoms with Crippen LogP contribution < -0.4 is 5.56 Å². The van der Waals surface area contributed by atoms with Crippen molar-refractivity contribution < 1.29 is 4.79 Å². The molecule has 0 bridgehead atoms. The second kappa shape index (κ2) is 7.55. The van der Waals surface area contributed by atoms with Gasteiger partial charge in [-0.1, -0.05) is 30.3 Å². The Morgan fingerprint density at radius 2 is 1.76 bits per heavy atom. The highest BCUT2D eigenvalue weighted by atomic mass is 32.1. The minimum Gasteiger partial charge on any atom is -0.337 e. The Labute approximate surface area is 172 Å². The number of benzene rings is 1. The lowest BCUT2D eigenvalue weighted by atomic mass is 10.0. The molecule has 2 aromatic heterocycles. The van der Waals surface area contributed by atoms with E-state index in [1.807, 2.05) is 46.7 Å². The number of carbonyl (C=O) groups is 1. The molecule has 3 heterocycles. The molecule has 1 saturated heterocycles. The number of likely N-dealkylation sites (tertiary alicyclic amines) is 1. The molecule has 1 aliphatic heterocycles. The highest BCUT2D eigenvalue weighted by Gasteiger charge is 2.29. The molecule has 1 aromatic carbocycles. The van der Waals surface area contributed by atoms with Crippen LogP contribution in [0.5, 0.6) is 0 Å². The van der Waals surface area contributed by atoms with Crippen LogP contribution in [0.2, 0.25) is 0 Å². The molecule has 1 amide bonds. The quantitative estimate of drug-likeness (QED) is 0.662. The van der Waals surface area contributed by atoms with E-state index in [0.717, 1.165) is 41.9 Å². The number of hydrogen-bond donors (Lipinski definition) is 0. The molecule has 2 fully saturated rings. The van der Waals surface area contributed by atoms with Crippen LogP contribution in [-0.4, -0.2) is 38.7 Å². The summed E-state index contributed by atoms with van der Waals surface area (Å²) in [6, 6.07) is 13.5. The third-order valence-electron chi connectivity index (χ3n) is 5.68. The lowest BCUT2D eigenvalue weighted by Gasteiger charge is -2.32. The zero-order valence-corrected chi connectivity index (χ0v) is 16.8. The van der Waals surface area contributed by atoms with Crippen molar-refractivity contribution in [3.63, 3.8) is 0 Å². The Morgan fingerprint density at radius 1 is 1.00 bits per heavy atom. The van der Waals surface area contributed by atoms with Crippen LogP contribution in [0.25, 0.3) is 10.6 Å². The molecule has 148 valence electrons. The molecule has 0 spiro atoms. The predicted molar refractivity (Wildman–Crippen MR) is 112 cm³/mol. The highest BCUT2D eigenvalue weighted by molar-refractivity contribution is 7.13. The van der Waals surface area contributed by atoms with E-state index in [9.17, 15) is 9.59 Å². The Morgan fingerprint density at radius 3 is 2.48 bits per heavy atom. The third kappa shape index (κ3) is 3.74. The monoisotopic (exact) mass is 406 g/mol. The molecule has 1 aliphatic carbocycles. The first-order chi connectivity index (χ1) is 14.2. The van der Waals surface area contributed by atoms with E-state index in [4.69, 9.17) is 0 Å². The number of nitrogens with zero attached hydrogens (tertiary/aromatic N) is 4. The normalized spacial score (nSPS) is 17.4. The van der Waals surface area contributed by atoms with Gasteiger partial charge in [-0.15, -0.1) is 11.3 Å². The van der Waals surface area contributed by atoms with Crippen molar-refractivity contribution in [1.29, 1.82) is 0 Å². The Balaban J connectivity index is 1.26. The van der Waals surface area contributed by atoms with Crippen LogP contribution in [0.15, 0.2) is 52.6 Å². The van der Waals surface area contributed by atoms with Gasteiger partial charge in [-0.2, -0.15) is 5.10 Å². The molecule has 3 aromatic rings. The fraction of sp³-hybridized carbons (Fsp3) is 0.364. The molecule has 5 rings (SSSR count). The summed E-state index contributed by atoms with van der Waals surface area (Å²) in [6.45, 7) is 1.23. The van der Waals surface area contributed by atoms with E-state index in [-0.39, 0.29) is 17.5 Å². The van der Waals surface area contributed by atoms with E-state index in [1.165, 1.54) is 11.3 Å².